The predicted molar refractivity (Wildman–Crippen MR) is 105 cm³/mol. The number of pyridine rings is 1. The second-order valence-electron chi connectivity index (χ2n) is 5.40. The van der Waals surface area contributed by atoms with E-state index in [9.17, 15) is 4.79 Å². The number of likely N-dealkylation sites (N-methyl/N-ethyl adjacent to an activating group) is 1. The topological polar surface area (TPSA) is 69.6 Å². The number of nitrogens with one attached hydrogen (secondary N) is 2. The average Bonchev–Trinajstić information content (AvgIpc) is 2.52. The fourth-order valence-corrected chi connectivity index (χ4v) is 1.63. The SMILES string of the molecule is CCC(C)NC(=NCC(=O)N(C)C)NCCc1ccccn1.I. The number of hydrogen-bond donors (Lipinski definition) is 2. The lowest BCUT2D eigenvalue weighted by Gasteiger charge is -2.17. The summed E-state index contributed by atoms with van der Waals surface area (Å²) in [5.41, 5.74) is 1.03. The van der Waals surface area contributed by atoms with E-state index in [4.69, 9.17) is 0 Å². The molecule has 1 unspecified atom stereocenters. The Balaban J connectivity index is 0.00000484. The zero-order valence-electron chi connectivity index (χ0n) is 14.4. The molecule has 1 amide bonds. The minimum Gasteiger partial charge on any atom is -0.356 e. The molecule has 0 spiro atoms. The number of carbonyl (C=O) groups excluding carboxylic acids is 1. The fourth-order valence-electron chi connectivity index (χ4n) is 1.63. The van der Waals surface area contributed by atoms with Crippen LogP contribution in [0, 0.1) is 0 Å². The third-order valence-corrected chi connectivity index (χ3v) is 3.27. The summed E-state index contributed by atoms with van der Waals surface area (Å²) < 4.78 is 0. The minimum absolute atomic E-state index is 0. The second kappa shape index (κ2) is 12.1. The first-order chi connectivity index (χ1) is 10.5. The van der Waals surface area contributed by atoms with E-state index in [0.717, 1.165) is 25.1 Å². The number of rotatable bonds is 7. The highest BCUT2D eigenvalue weighted by atomic mass is 127. The number of halogens is 1. The van der Waals surface area contributed by atoms with Gasteiger partial charge in [0.2, 0.25) is 5.91 Å². The van der Waals surface area contributed by atoms with Gasteiger partial charge in [-0.25, -0.2) is 4.99 Å². The molecule has 130 valence electrons. The van der Waals surface area contributed by atoms with Crippen LogP contribution in [0.4, 0.5) is 0 Å². The number of aliphatic imine (C=N–C) groups is 1. The van der Waals surface area contributed by atoms with Crippen LogP contribution in [0.25, 0.3) is 0 Å². The van der Waals surface area contributed by atoms with Crippen LogP contribution in [0.5, 0.6) is 0 Å². The minimum atomic E-state index is -0.0185. The smallest absolute Gasteiger partial charge is 0.243 e. The Morgan fingerprint density at radius 2 is 2.13 bits per heavy atom. The molecule has 0 bridgehead atoms. The molecular weight excluding hydrogens is 405 g/mol. The van der Waals surface area contributed by atoms with Crippen LogP contribution in [0.1, 0.15) is 26.0 Å². The molecule has 6 nitrogen and oxygen atoms in total. The molecule has 1 atom stereocenters. The van der Waals surface area contributed by atoms with Crippen molar-refractivity contribution in [3.8, 4) is 0 Å². The molecule has 1 aromatic heterocycles. The second-order valence-corrected chi connectivity index (χ2v) is 5.40. The lowest BCUT2D eigenvalue weighted by Crippen LogP contribution is -2.43. The summed E-state index contributed by atoms with van der Waals surface area (Å²) in [4.78, 5) is 21.8. The van der Waals surface area contributed by atoms with Crippen LogP contribution in [0.15, 0.2) is 29.4 Å². The van der Waals surface area contributed by atoms with E-state index in [1.165, 1.54) is 4.90 Å². The highest BCUT2D eigenvalue weighted by Crippen LogP contribution is 1.94. The molecule has 0 saturated carbocycles. The maximum absolute atomic E-state index is 11.7. The zero-order valence-corrected chi connectivity index (χ0v) is 16.7. The number of carbonyl (C=O) groups is 1. The van der Waals surface area contributed by atoms with Gasteiger partial charge in [-0.15, -0.1) is 24.0 Å². The maximum Gasteiger partial charge on any atom is 0.243 e. The Hall–Kier alpha value is -1.38. The molecule has 0 fully saturated rings. The van der Waals surface area contributed by atoms with Crippen molar-refractivity contribution in [2.45, 2.75) is 32.7 Å². The van der Waals surface area contributed by atoms with Gasteiger partial charge in [-0.2, -0.15) is 0 Å². The quantitative estimate of drug-likeness (QED) is 0.390. The van der Waals surface area contributed by atoms with Gasteiger partial charge in [0, 0.05) is 45.0 Å². The normalized spacial score (nSPS) is 12.1. The van der Waals surface area contributed by atoms with E-state index in [0.29, 0.717) is 12.0 Å². The molecule has 1 heterocycles. The number of aromatic nitrogens is 1. The van der Waals surface area contributed by atoms with Gasteiger partial charge >= 0.3 is 0 Å². The van der Waals surface area contributed by atoms with Crippen LogP contribution < -0.4 is 10.6 Å². The van der Waals surface area contributed by atoms with E-state index in [1.54, 1.807) is 20.3 Å². The van der Waals surface area contributed by atoms with Crippen LogP contribution >= 0.6 is 24.0 Å². The van der Waals surface area contributed by atoms with Gasteiger partial charge in [0.05, 0.1) is 0 Å². The summed E-state index contributed by atoms with van der Waals surface area (Å²) in [6, 6.07) is 6.18. The molecule has 7 heteroatoms. The Morgan fingerprint density at radius 3 is 2.70 bits per heavy atom. The van der Waals surface area contributed by atoms with Gasteiger partial charge < -0.3 is 15.5 Å². The van der Waals surface area contributed by atoms with Gasteiger partial charge in [0.25, 0.3) is 0 Å². The van der Waals surface area contributed by atoms with E-state index in [-0.39, 0.29) is 36.4 Å². The summed E-state index contributed by atoms with van der Waals surface area (Å²) in [7, 11) is 3.46. The molecule has 1 aromatic rings. The summed E-state index contributed by atoms with van der Waals surface area (Å²) in [6.07, 6.45) is 3.59. The van der Waals surface area contributed by atoms with Crippen molar-refractivity contribution in [2.75, 3.05) is 27.2 Å². The highest BCUT2D eigenvalue weighted by Gasteiger charge is 2.06. The number of amides is 1. The molecule has 0 aliphatic rings. The summed E-state index contributed by atoms with van der Waals surface area (Å²) in [5.74, 6) is 0.649. The number of hydrogen-bond acceptors (Lipinski definition) is 3. The molecule has 1 rings (SSSR count). The maximum atomic E-state index is 11.7. The van der Waals surface area contributed by atoms with Crippen molar-refractivity contribution in [3.05, 3.63) is 30.1 Å². The van der Waals surface area contributed by atoms with Gasteiger partial charge in [-0.05, 0) is 25.5 Å². The van der Waals surface area contributed by atoms with Gasteiger partial charge in [-0.1, -0.05) is 13.0 Å². The Kier molecular flexibility index (Phi) is 11.4. The van der Waals surface area contributed by atoms with Crippen molar-refractivity contribution in [2.24, 2.45) is 4.99 Å². The highest BCUT2D eigenvalue weighted by molar-refractivity contribution is 14.0. The number of nitrogens with zero attached hydrogens (tertiary/aromatic N) is 3. The molecular formula is C16H28IN5O. The average molecular weight is 433 g/mol. The Bertz CT molecular complexity index is 479. The lowest BCUT2D eigenvalue weighted by molar-refractivity contribution is -0.127. The summed E-state index contributed by atoms with van der Waals surface area (Å²) in [6.45, 7) is 5.05. The predicted octanol–water partition coefficient (Wildman–Crippen LogP) is 1.66. The van der Waals surface area contributed by atoms with Gasteiger partial charge in [0.15, 0.2) is 5.96 Å². The fraction of sp³-hybridized carbons (Fsp3) is 0.562. The van der Waals surface area contributed by atoms with Crippen molar-refractivity contribution in [3.63, 3.8) is 0 Å². The zero-order chi connectivity index (χ0) is 16.4. The molecule has 0 aromatic carbocycles. The standard InChI is InChI=1S/C16H27N5O.HI/c1-5-13(2)20-16(19-12-15(22)21(3)4)18-11-9-14-8-6-7-10-17-14;/h6-8,10,13H,5,9,11-12H2,1-4H3,(H2,18,19,20);1H. The monoisotopic (exact) mass is 433 g/mol. The molecule has 0 saturated heterocycles. The number of guanidine groups is 1. The molecule has 2 N–H and O–H groups in total. The third-order valence-electron chi connectivity index (χ3n) is 3.27. The van der Waals surface area contributed by atoms with Crippen LogP contribution in [-0.2, 0) is 11.2 Å². The summed E-state index contributed by atoms with van der Waals surface area (Å²) >= 11 is 0. The van der Waals surface area contributed by atoms with E-state index in [1.807, 2.05) is 18.2 Å². The molecule has 0 aliphatic heterocycles. The van der Waals surface area contributed by atoms with Crippen LogP contribution in [0.3, 0.4) is 0 Å². The van der Waals surface area contributed by atoms with Crippen LogP contribution in [0.2, 0.25) is 0 Å². The third kappa shape index (κ3) is 9.37. The molecule has 0 aliphatic carbocycles. The Morgan fingerprint density at radius 1 is 1.39 bits per heavy atom. The van der Waals surface area contributed by atoms with Gasteiger partial charge in [0.1, 0.15) is 6.54 Å². The first-order valence-electron chi connectivity index (χ1n) is 7.67. The van der Waals surface area contributed by atoms with E-state index in [2.05, 4.69) is 34.5 Å². The van der Waals surface area contributed by atoms with Crippen molar-refractivity contribution in [1.82, 2.24) is 20.5 Å². The van der Waals surface area contributed by atoms with Crippen molar-refractivity contribution < 1.29 is 4.79 Å². The first-order valence-corrected chi connectivity index (χ1v) is 7.67. The van der Waals surface area contributed by atoms with Crippen molar-refractivity contribution >= 4 is 35.8 Å². The van der Waals surface area contributed by atoms with E-state index >= 15 is 0 Å². The van der Waals surface area contributed by atoms with E-state index < -0.39 is 0 Å². The largest absolute Gasteiger partial charge is 0.356 e. The first kappa shape index (κ1) is 21.6. The molecule has 0 radical (unpaired) electrons. The Labute approximate surface area is 156 Å². The molecule has 23 heavy (non-hydrogen) atoms. The summed E-state index contributed by atoms with van der Waals surface area (Å²) in [5, 5.41) is 6.55. The van der Waals surface area contributed by atoms with Crippen LogP contribution in [-0.4, -0.2) is 55.0 Å². The van der Waals surface area contributed by atoms with Crippen molar-refractivity contribution in [1.29, 1.82) is 0 Å². The lowest BCUT2D eigenvalue weighted by atomic mass is 10.2. The van der Waals surface area contributed by atoms with Gasteiger partial charge in [-0.3, -0.25) is 9.78 Å².